The Morgan fingerprint density at radius 1 is 1.22 bits per heavy atom. The lowest BCUT2D eigenvalue weighted by Crippen LogP contribution is -2.45. The van der Waals surface area contributed by atoms with E-state index in [2.05, 4.69) is 54.4 Å². The van der Waals surface area contributed by atoms with Crippen LogP contribution >= 0.6 is 24.0 Å². The van der Waals surface area contributed by atoms with Crippen LogP contribution in [0.3, 0.4) is 0 Å². The van der Waals surface area contributed by atoms with E-state index in [-0.39, 0.29) is 24.0 Å². The summed E-state index contributed by atoms with van der Waals surface area (Å²) in [6.07, 6.45) is 3.88. The van der Waals surface area contributed by atoms with Gasteiger partial charge in [0.2, 0.25) is 0 Å². The van der Waals surface area contributed by atoms with Gasteiger partial charge in [0.15, 0.2) is 5.96 Å². The van der Waals surface area contributed by atoms with Crippen molar-refractivity contribution in [1.82, 2.24) is 10.2 Å². The Hall–Kier alpha value is -0.780. The predicted octanol–water partition coefficient (Wildman–Crippen LogP) is 4.11. The topological polar surface area (TPSA) is 27.6 Å². The lowest BCUT2D eigenvalue weighted by Gasteiger charge is -2.33. The van der Waals surface area contributed by atoms with Gasteiger partial charge in [-0.25, -0.2) is 0 Å². The Morgan fingerprint density at radius 2 is 1.91 bits per heavy atom. The van der Waals surface area contributed by atoms with Crippen molar-refractivity contribution < 1.29 is 0 Å². The molecule has 2 unspecified atom stereocenters. The quantitative estimate of drug-likeness (QED) is 0.445. The summed E-state index contributed by atoms with van der Waals surface area (Å²) >= 11 is 0. The third kappa shape index (κ3) is 5.10. The molecule has 1 aromatic rings. The minimum absolute atomic E-state index is 0. The number of rotatable bonds is 4. The monoisotopic (exact) mass is 427 g/mol. The molecule has 2 fully saturated rings. The molecular formula is C19H30IN3. The van der Waals surface area contributed by atoms with Crippen molar-refractivity contribution in [2.45, 2.75) is 39.0 Å². The summed E-state index contributed by atoms with van der Waals surface area (Å²) < 4.78 is 0. The van der Waals surface area contributed by atoms with Crippen molar-refractivity contribution in [2.75, 3.05) is 26.2 Å². The average molecular weight is 427 g/mol. The number of guanidine groups is 1. The van der Waals surface area contributed by atoms with Crippen molar-refractivity contribution in [3.8, 4) is 0 Å². The number of hydrogen-bond acceptors (Lipinski definition) is 1. The minimum atomic E-state index is 0. The first-order valence-electron chi connectivity index (χ1n) is 8.86. The second kappa shape index (κ2) is 8.90. The molecule has 0 radical (unpaired) electrons. The first kappa shape index (κ1) is 18.6. The SMILES string of the molecule is CCNC(=NCC1CC1c1ccccc1)N1CCC(C)CC1.I. The highest BCUT2D eigenvalue weighted by molar-refractivity contribution is 14.0. The van der Waals surface area contributed by atoms with E-state index in [0.717, 1.165) is 49.9 Å². The predicted molar refractivity (Wildman–Crippen MR) is 109 cm³/mol. The molecule has 1 saturated heterocycles. The van der Waals surface area contributed by atoms with Gasteiger partial charge >= 0.3 is 0 Å². The van der Waals surface area contributed by atoms with Crippen molar-refractivity contribution in [3.05, 3.63) is 35.9 Å². The lowest BCUT2D eigenvalue weighted by atomic mass is 10.00. The van der Waals surface area contributed by atoms with Gasteiger partial charge in [0.05, 0.1) is 0 Å². The van der Waals surface area contributed by atoms with Gasteiger partial charge in [0.1, 0.15) is 0 Å². The highest BCUT2D eigenvalue weighted by Crippen LogP contribution is 2.47. The number of halogens is 1. The Labute approximate surface area is 158 Å². The van der Waals surface area contributed by atoms with E-state index in [1.165, 1.54) is 24.8 Å². The van der Waals surface area contributed by atoms with Gasteiger partial charge in [-0.15, -0.1) is 24.0 Å². The second-order valence-electron chi connectivity index (χ2n) is 6.88. The van der Waals surface area contributed by atoms with E-state index >= 15 is 0 Å². The van der Waals surface area contributed by atoms with Crippen LogP contribution in [0.15, 0.2) is 35.3 Å². The summed E-state index contributed by atoms with van der Waals surface area (Å²) in [5.41, 5.74) is 1.49. The zero-order valence-electron chi connectivity index (χ0n) is 14.4. The zero-order valence-corrected chi connectivity index (χ0v) is 16.7. The van der Waals surface area contributed by atoms with E-state index in [1.807, 2.05) is 0 Å². The largest absolute Gasteiger partial charge is 0.357 e. The van der Waals surface area contributed by atoms with Crippen LogP contribution in [0.4, 0.5) is 0 Å². The van der Waals surface area contributed by atoms with Gasteiger partial charge in [-0.05, 0) is 49.5 Å². The molecule has 1 aliphatic heterocycles. The second-order valence-corrected chi connectivity index (χ2v) is 6.88. The van der Waals surface area contributed by atoms with Crippen LogP contribution in [0.5, 0.6) is 0 Å². The number of benzene rings is 1. The average Bonchev–Trinajstić information content (AvgIpc) is 3.33. The molecule has 2 aliphatic rings. The van der Waals surface area contributed by atoms with Crippen molar-refractivity contribution in [1.29, 1.82) is 0 Å². The molecule has 0 bridgehead atoms. The van der Waals surface area contributed by atoms with Crippen LogP contribution in [-0.4, -0.2) is 37.0 Å². The summed E-state index contributed by atoms with van der Waals surface area (Å²) in [6.45, 7) is 8.74. The summed E-state index contributed by atoms with van der Waals surface area (Å²) in [5, 5.41) is 3.48. The smallest absolute Gasteiger partial charge is 0.193 e. The summed E-state index contributed by atoms with van der Waals surface area (Å²) in [4.78, 5) is 7.38. The first-order chi connectivity index (χ1) is 10.8. The fourth-order valence-electron chi connectivity index (χ4n) is 3.41. The van der Waals surface area contributed by atoms with Crippen molar-refractivity contribution in [3.63, 3.8) is 0 Å². The molecule has 1 heterocycles. The molecule has 0 spiro atoms. The molecule has 23 heavy (non-hydrogen) atoms. The minimum Gasteiger partial charge on any atom is -0.357 e. The molecule has 2 atom stereocenters. The number of piperidine rings is 1. The molecule has 0 amide bonds. The molecule has 1 aliphatic carbocycles. The molecule has 4 heteroatoms. The Balaban J connectivity index is 0.00000192. The highest BCUT2D eigenvalue weighted by atomic mass is 127. The number of nitrogens with one attached hydrogen (secondary N) is 1. The van der Waals surface area contributed by atoms with Crippen LogP contribution < -0.4 is 5.32 Å². The van der Waals surface area contributed by atoms with Crippen LogP contribution in [0.25, 0.3) is 0 Å². The first-order valence-corrected chi connectivity index (χ1v) is 8.86. The lowest BCUT2D eigenvalue weighted by molar-refractivity contribution is 0.273. The molecule has 1 saturated carbocycles. The van der Waals surface area contributed by atoms with Crippen LogP contribution in [0.2, 0.25) is 0 Å². The van der Waals surface area contributed by atoms with Gasteiger partial charge in [-0.2, -0.15) is 0 Å². The molecular weight excluding hydrogens is 397 g/mol. The highest BCUT2D eigenvalue weighted by Gasteiger charge is 2.37. The Bertz CT molecular complexity index is 495. The van der Waals surface area contributed by atoms with E-state index in [4.69, 9.17) is 4.99 Å². The fourth-order valence-corrected chi connectivity index (χ4v) is 3.41. The standard InChI is InChI=1S/C19H29N3.HI/c1-3-20-19(22-11-9-15(2)10-12-22)21-14-17-13-18(17)16-7-5-4-6-8-16;/h4-8,15,17-18H,3,9-14H2,1-2H3,(H,20,21);1H. The van der Waals surface area contributed by atoms with E-state index in [0.29, 0.717) is 0 Å². The van der Waals surface area contributed by atoms with Gasteiger partial charge in [0, 0.05) is 26.2 Å². The number of hydrogen-bond donors (Lipinski definition) is 1. The maximum absolute atomic E-state index is 4.93. The van der Waals surface area contributed by atoms with Gasteiger partial charge in [-0.1, -0.05) is 37.3 Å². The van der Waals surface area contributed by atoms with E-state index < -0.39 is 0 Å². The van der Waals surface area contributed by atoms with Gasteiger partial charge < -0.3 is 10.2 Å². The zero-order chi connectivity index (χ0) is 15.4. The Kier molecular flexibility index (Phi) is 7.18. The normalized spacial score (nSPS) is 25.0. The summed E-state index contributed by atoms with van der Waals surface area (Å²) in [5.74, 6) is 3.46. The van der Waals surface area contributed by atoms with Crippen LogP contribution in [0, 0.1) is 11.8 Å². The molecule has 128 valence electrons. The third-order valence-electron chi connectivity index (χ3n) is 5.04. The maximum Gasteiger partial charge on any atom is 0.193 e. The summed E-state index contributed by atoms with van der Waals surface area (Å²) in [6, 6.07) is 10.9. The summed E-state index contributed by atoms with van der Waals surface area (Å²) in [7, 11) is 0. The third-order valence-corrected chi connectivity index (χ3v) is 5.04. The number of likely N-dealkylation sites (tertiary alicyclic amines) is 1. The number of aliphatic imine (C=N–C) groups is 1. The number of nitrogens with zero attached hydrogens (tertiary/aromatic N) is 2. The molecule has 0 aromatic heterocycles. The maximum atomic E-state index is 4.93. The van der Waals surface area contributed by atoms with E-state index in [9.17, 15) is 0 Å². The van der Waals surface area contributed by atoms with Gasteiger partial charge in [-0.3, -0.25) is 4.99 Å². The van der Waals surface area contributed by atoms with Crippen LogP contribution in [-0.2, 0) is 0 Å². The van der Waals surface area contributed by atoms with Crippen molar-refractivity contribution in [2.24, 2.45) is 16.8 Å². The molecule has 3 rings (SSSR count). The Morgan fingerprint density at radius 3 is 2.57 bits per heavy atom. The van der Waals surface area contributed by atoms with E-state index in [1.54, 1.807) is 0 Å². The van der Waals surface area contributed by atoms with Crippen LogP contribution in [0.1, 0.15) is 44.6 Å². The van der Waals surface area contributed by atoms with Gasteiger partial charge in [0.25, 0.3) is 0 Å². The molecule has 3 nitrogen and oxygen atoms in total. The fraction of sp³-hybridized carbons (Fsp3) is 0.632. The van der Waals surface area contributed by atoms with Crippen molar-refractivity contribution >= 4 is 29.9 Å². The molecule has 1 aromatic carbocycles. The molecule has 1 N–H and O–H groups in total.